The average Bonchev–Trinajstić information content (AvgIpc) is 2.43. The molecule has 0 aliphatic rings. The van der Waals surface area contributed by atoms with Crippen LogP contribution in [0.2, 0.25) is 0 Å². The van der Waals surface area contributed by atoms with E-state index in [1.54, 1.807) is 27.7 Å². The minimum absolute atomic E-state index is 0.137. The monoisotopic (exact) mass is 337 g/mol. The Balaban J connectivity index is 3.80. The maximum Gasteiger partial charge on any atom is 0.407 e. The average molecular weight is 338 g/mol. The molecular weight excluding hydrogens is 302 g/mol. The first-order valence-corrected chi connectivity index (χ1v) is 9.25. The fourth-order valence-electron chi connectivity index (χ4n) is 2.22. The Morgan fingerprint density at radius 2 is 1.62 bits per heavy atom. The molecule has 4 nitrogen and oxygen atoms in total. The van der Waals surface area contributed by atoms with Crippen molar-refractivity contribution < 1.29 is 14.3 Å². The maximum atomic E-state index is 11.8. The molecule has 0 bridgehead atoms. The summed E-state index contributed by atoms with van der Waals surface area (Å²) < 4.78 is 5.15. The molecule has 0 fully saturated rings. The number of Topliss-reactive ketones (excluding diaryl/α,β-unsaturated/α-hetero) is 1. The Bertz CT molecular complexity index is 426. The van der Waals surface area contributed by atoms with Crippen molar-refractivity contribution in [3.05, 3.63) is 0 Å². The van der Waals surface area contributed by atoms with Gasteiger partial charge in [-0.25, -0.2) is 4.79 Å². The standard InChI is InChI=1S/C20H35NO3/c1-6-7-8-9-10-11-12-13-14-15-18(22)16-17(2)21-19(23)24-20(3,4)5/h17H,6-13,16H2,1-5H3,(H,21,23)/t17-/m1/s1. The van der Waals surface area contributed by atoms with Gasteiger partial charge in [0.1, 0.15) is 5.60 Å². The molecule has 0 aromatic carbocycles. The zero-order valence-electron chi connectivity index (χ0n) is 16.2. The number of hydrogen-bond donors (Lipinski definition) is 1. The highest BCUT2D eigenvalue weighted by Crippen LogP contribution is 2.08. The van der Waals surface area contributed by atoms with Crippen molar-refractivity contribution >= 4 is 11.9 Å². The van der Waals surface area contributed by atoms with Crippen LogP contribution >= 0.6 is 0 Å². The summed E-state index contributed by atoms with van der Waals surface area (Å²) in [6, 6.07) is -0.278. The van der Waals surface area contributed by atoms with E-state index in [2.05, 4.69) is 24.1 Å². The Hall–Kier alpha value is -1.50. The van der Waals surface area contributed by atoms with E-state index >= 15 is 0 Å². The molecule has 138 valence electrons. The number of ketones is 1. The van der Waals surface area contributed by atoms with Crippen molar-refractivity contribution in [2.24, 2.45) is 0 Å². The first-order chi connectivity index (χ1) is 11.2. The summed E-state index contributed by atoms with van der Waals surface area (Å²) in [6.45, 7) is 9.41. The van der Waals surface area contributed by atoms with Gasteiger partial charge in [-0.15, -0.1) is 0 Å². The molecule has 0 aliphatic carbocycles. The van der Waals surface area contributed by atoms with E-state index in [4.69, 9.17) is 4.74 Å². The van der Waals surface area contributed by atoms with Gasteiger partial charge in [0.15, 0.2) is 0 Å². The molecule has 24 heavy (non-hydrogen) atoms. The summed E-state index contributed by atoms with van der Waals surface area (Å²) in [5, 5.41) is 2.65. The normalized spacial score (nSPS) is 12.0. The number of nitrogens with one attached hydrogen (secondary N) is 1. The first kappa shape index (κ1) is 22.5. The summed E-state index contributed by atoms with van der Waals surface area (Å²) in [5.41, 5.74) is -0.538. The Kier molecular flexibility index (Phi) is 12.1. The second-order valence-corrected chi connectivity index (χ2v) is 7.35. The molecule has 0 aromatic heterocycles. The third kappa shape index (κ3) is 15.4. The minimum Gasteiger partial charge on any atom is -0.444 e. The lowest BCUT2D eigenvalue weighted by Crippen LogP contribution is -2.38. The number of ether oxygens (including phenoxy) is 1. The molecule has 1 atom stereocenters. The summed E-state index contributed by atoms with van der Waals surface area (Å²) in [5.74, 6) is 5.47. The van der Waals surface area contributed by atoms with Gasteiger partial charge >= 0.3 is 6.09 Å². The predicted molar refractivity (Wildman–Crippen MR) is 98.8 cm³/mol. The van der Waals surface area contributed by atoms with E-state index in [1.807, 2.05) is 0 Å². The van der Waals surface area contributed by atoms with Crippen LogP contribution in [0.15, 0.2) is 0 Å². The van der Waals surface area contributed by atoms with Gasteiger partial charge in [0.2, 0.25) is 5.78 Å². The van der Waals surface area contributed by atoms with Gasteiger partial charge in [0.05, 0.1) is 0 Å². The van der Waals surface area contributed by atoms with Crippen LogP contribution in [0.4, 0.5) is 4.79 Å². The van der Waals surface area contributed by atoms with Crippen molar-refractivity contribution in [3.8, 4) is 11.8 Å². The summed E-state index contributed by atoms with van der Waals surface area (Å²) in [7, 11) is 0. The topological polar surface area (TPSA) is 55.4 Å². The highest BCUT2D eigenvalue weighted by atomic mass is 16.6. The highest BCUT2D eigenvalue weighted by Gasteiger charge is 2.18. The molecule has 0 aromatic rings. The van der Waals surface area contributed by atoms with Gasteiger partial charge in [-0.3, -0.25) is 4.79 Å². The maximum absolute atomic E-state index is 11.8. The van der Waals surface area contributed by atoms with Gasteiger partial charge in [-0.2, -0.15) is 0 Å². The second-order valence-electron chi connectivity index (χ2n) is 7.35. The molecule has 1 amide bonds. The number of unbranched alkanes of at least 4 members (excludes halogenated alkanes) is 7. The smallest absolute Gasteiger partial charge is 0.407 e. The van der Waals surface area contributed by atoms with Gasteiger partial charge in [-0.1, -0.05) is 51.4 Å². The zero-order chi connectivity index (χ0) is 18.4. The number of carbonyl (C=O) groups excluding carboxylic acids is 2. The van der Waals surface area contributed by atoms with E-state index in [0.717, 1.165) is 12.8 Å². The van der Waals surface area contributed by atoms with E-state index in [-0.39, 0.29) is 18.2 Å². The lowest BCUT2D eigenvalue weighted by atomic mass is 10.1. The second kappa shape index (κ2) is 12.9. The van der Waals surface area contributed by atoms with Crippen molar-refractivity contribution in [1.29, 1.82) is 0 Å². The zero-order valence-corrected chi connectivity index (χ0v) is 16.2. The molecule has 0 saturated heterocycles. The Labute approximate surface area is 148 Å². The number of alkyl carbamates (subject to hydrolysis) is 1. The molecule has 4 heteroatoms. The van der Waals surface area contributed by atoms with Crippen molar-refractivity contribution in [1.82, 2.24) is 5.32 Å². The highest BCUT2D eigenvalue weighted by molar-refractivity contribution is 5.96. The molecule has 0 rings (SSSR count). The molecule has 0 heterocycles. The fourth-order valence-corrected chi connectivity index (χ4v) is 2.22. The molecule has 1 N–H and O–H groups in total. The lowest BCUT2D eigenvalue weighted by molar-refractivity contribution is -0.114. The number of hydrogen-bond acceptors (Lipinski definition) is 3. The van der Waals surface area contributed by atoms with Crippen molar-refractivity contribution in [2.45, 2.75) is 104 Å². The van der Waals surface area contributed by atoms with Crippen LogP contribution in [0.5, 0.6) is 0 Å². The Morgan fingerprint density at radius 3 is 2.21 bits per heavy atom. The van der Waals surface area contributed by atoms with E-state index in [1.165, 1.54) is 38.5 Å². The fraction of sp³-hybridized carbons (Fsp3) is 0.800. The summed E-state index contributed by atoms with van der Waals surface area (Å²) >= 11 is 0. The van der Waals surface area contributed by atoms with Crippen molar-refractivity contribution in [3.63, 3.8) is 0 Å². The molecule has 0 saturated carbocycles. The molecule has 0 aliphatic heterocycles. The number of rotatable bonds is 10. The predicted octanol–water partition coefficient (Wildman–Crippen LogP) is 5.00. The van der Waals surface area contributed by atoms with Crippen LogP contribution in [0.1, 0.15) is 92.4 Å². The number of carbonyl (C=O) groups is 2. The first-order valence-electron chi connectivity index (χ1n) is 9.25. The van der Waals surface area contributed by atoms with Gasteiger partial charge < -0.3 is 10.1 Å². The molecular formula is C20H35NO3. The molecule has 0 unspecified atom stereocenters. The van der Waals surface area contributed by atoms with Gasteiger partial charge in [-0.05, 0) is 40.0 Å². The van der Waals surface area contributed by atoms with Crippen LogP contribution in [0, 0.1) is 11.8 Å². The molecule has 0 spiro atoms. The quantitative estimate of drug-likeness (QED) is 0.346. The van der Waals surface area contributed by atoms with Crippen LogP contribution in [-0.4, -0.2) is 23.5 Å². The third-order valence-corrected chi connectivity index (χ3v) is 3.39. The summed E-state index contributed by atoms with van der Waals surface area (Å²) in [4.78, 5) is 23.4. The number of amides is 1. The largest absolute Gasteiger partial charge is 0.444 e. The Morgan fingerprint density at radius 1 is 1.04 bits per heavy atom. The lowest BCUT2D eigenvalue weighted by Gasteiger charge is -2.21. The van der Waals surface area contributed by atoms with Gasteiger partial charge in [0, 0.05) is 18.9 Å². The van der Waals surface area contributed by atoms with Crippen LogP contribution < -0.4 is 5.32 Å². The van der Waals surface area contributed by atoms with Crippen molar-refractivity contribution in [2.75, 3.05) is 0 Å². The van der Waals surface area contributed by atoms with E-state index in [9.17, 15) is 9.59 Å². The third-order valence-electron chi connectivity index (χ3n) is 3.39. The SMILES string of the molecule is CCCCCCCCCC#CC(=O)C[C@@H](C)NC(=O)OC(C)(C)C. The van der Waals surface area contributed by atoms with Crippen LogP contribution in [0.3, 0.4) is 0 Å². The van der Waals surface area contributed by atoms with E-state index in [0.29, 0.717) is 0 Å². The minimum atomic E-state index is -0.538. The van der Waals surface area contributed by atoms with Crippen LogP contribution in [-0.2, 0) is 9.53 Å². The van der Waals surface area contributed by atoms with Gasteiger partial charge in [0.25, 0.3) is 0 Å². The van der Waals surface area contributed by atoms with E-state index < -0.39 is 11.7 Å². The summed E-state index contributed by atoms with van der Waals surface area (Å²) in [6.07, 6.45) is 9.19. The molecule has 0 radical (unpaired) electrons. The van der Waals surface area contributed by atoms with Crippen LogP contribution in [0.25, 0.3) is 0 Å².